The van der Waals surface area contributed by atoms with E-state index >= 15 is 0 Å². The summed E-state index contributed by atoms with van der Waals surface area (Å²) in [6.07, 6.45) is 0. The lowest BCUT2D eigenvalue weighted by Gasteiger charge is -2.20. The number of rotatable bonds is 4. The molecule has 0 aliphatic rings. The number of aryl methyl sites for hydroxylation is 2. The van der Waals surface area contributed by atoms with Crippen molar-refractivity contribution < 1.29 is 38.1 Å². The molecular formula is C24H22O8. The average Bonchev–Trinajstić information content (AvgIpc) is 2.67. The highest BCUT2D eigenvalue weighted by Gasteiger charge is 2.23. The highest BCUT2D eigenvalue weighted by Crippen LogP contribution is 2.47. The molecule has 32 heavy (non-hydrogen) atoms. The molecule has 0 saturated heterocycles. The third kappa shape index (κ3) is 4.25. The summed E-state index contributed by atoms with van der Waals surface area (Å²) in [6.45, 7) is 8.62. The van der Waals surface area contributed by atoms with Crippen molar-refractivity contribution in [3.8, 4) is 23.0 Å². The Morgan fingerprint density at radius 3 is 1.12 bits per heavy atom. The second-order valence-corrected chi connectivity index (χ2v) is 7.26. The Labute approximate surface area is 184 Å². The van der Waals surface area contributed by atoms with E-state index in [0.29, 0.717) is 32.7 Å². The van der Waals surface area contributed by atoms with Crippen molar-refractivity contribution in [3.63, 3.8) is 0 Å². The van der Waals surface area contributed by atoms with E-state index in [2.05, 4.69) is 0 Å². The van der Waals surface area contributed by atoms with Crippen molar-refractivity contribution in [2.24, 2.45) is 0 Å². The Morgan fingerprint density at radius 2 is 0.844 bits per heavy atom. The fourth-order valence-electron chi connectivity index (χ4n) is 3.73. The lowest BCUT2D eigenvalue weighted by atomic mass is 9.91. The highest BCUT2D eigenvalue weighted by molar-refractivity contribution is 6.12. The molecule has 3 rings (SSSR count). The monoisotopic (exact) mass is 438 g/mol. The number of benzene rings is 3. The maximum atomic E-state index is 11.8. The number of carbonyl (C=O) groups is 4. The van der Waals surface area contributed by atoms with Crippen LogP contribution in [0.4, 0.5) is 0 Å². The van der Waals surface area contributed by atoms with E-state index in [-0.39, 0.29) is 23.0 Å². The molecule has 8 nitrogen and oxygen atoms in total. The second-order valence-electron chi connectivity index (χ2n) is 7.26. The highest BCUT2D eigenvalue weighted by atomic mass is 16.6. The molecule has 0 N–H and O–H groups in total. The van der Waals surface area contributed by atoms with Gasteiger partial charge < -0.3 is 18.9 Å². The van der Waals surface area contributed by atoms with Gasteiger partial charge in [-0.25, -0.2) is 0 Å². The molecule has 0 aliphatic heterocycles. The number of carbonyl (C=O) groups excluding carboxylic acids is 4. The van der Waals surface area contributed by atoms with Crippen LogP contribution in [0, 0.1) is 13.8 Å². The summed E-state index contributed by atoms with van der Waals surface area (Å²) in [7, 11) is 0. The molecule has 0 amide bonds. The Balaban J connectivity index is 2.49. The van der Waals surface area contributed by atoms with Crippen molar-refractivity contribution in [1.29, 1.82) is 0 Å². The normalized spacial score (nSPS) is 10.7. The molecule has 3 aromatic carbocycles. The van der Waals surface area contributed by atoms with Gasteiger partial charge in [-0.1, -0.05) is 12.1 Å². The van der Waals surface area contributed by atoms with Crippen LogP contribution in [0.3, 0.4) is 0 Å². The van der Waals surface area contributed by atoms with Gasteiger partial charge in [0.05, 0.1) is 0 Å². The van der Waals surface area contributed by atoms with Gasteiger partial charge in [0.2, 0.25) is 0 Å². The summed E-state index contributed by atoms with van der Waals surface area (Å²) < 4.78 is 21.4. The van der Waals surface area contributed by atoms with E-state index in [1.165, 1.54) is 39.8 Å². The molecular weight excluding hydrogens is 416 g/mol. The third-order valence-corrected chi connectivity index (χ3v) is 4.80. The molecule has 0 unspecified atom stereocenters. The van der Waals surface area contributed by atoms with E-state index < -0.39 is 23.9 Å². The van der Waals surface area contributed by atoms with Gasteiger partial charge in [0, 0.05) is 38.5 Å². The largest absolute Gasteiger partial charge is 0.423 e. The van der Waals surface area contributed by atoms with E-state index in [4.69, 9.17) is 18.9 Å². The summed E-state index contributed by atoms with van der Waals surface area (Å²) in [5.41, 5.74) is 1.38. The number of esters is 4. The fourth-order valence-corrected chi connectivity index (χ4v) is 3.73. The molecule has 8 heteroatoms. The molecule has 0 fully saturated rings. The van der Waals surface area contributed by atoms with Gasteiger partial charge in [0.1, 0.15) is 0 Å². The zero-order valence-electron chi connectivity index (χ0n) is 18.6. The number of hydrogen-bond acceptors (Lipinski definition) is 8. The van der Waals surface area contributed by atoms with Gasteiger partial charge in [-0.05, 0) is 47.9 Å². The summed E-state index contributed by atoms with van der Waals surface area (Å²) in [4.78, 5) is 46.8. The predicted molar refractivity (Wildman–Crippen MR) is 116 cm³/mol. The van der Waals surface area contributed by atoms with E-state index in [1.54, 1.807) is 26.0 Å². The first-order valence-corrected chi connectivity index (χ1v) is 9.77. The Morgan fingerprint density at radius 1 is 0.531 bits per heavy atom. The van der Waals surface area contributed by atoms with Gasteiger partial charge in [-0.3, -0.25) is 19.2 Å². The van der Waals surface area contributed by atoms with Crippen molar-refractivity contribution in [2.45, 2.75) is 41.5 Å². The lowest BCUT2D eigenvalue weighted by molar-refractivity contribution is -0.134. The number of ether oxygens (including phenoxy) is 4. The van der Waals surface area contributed by atoms with E-state index in [9.17, 15) is 19.2 Å². The first-order chi connectivity index (χ1) is 15.0. The molecule has 0 aliphatic carbocycles. The minimum absolute atomic E-state index is 0.110. The summed E-state index contributed by atoms with van der Waals surface area (Å²) in [5, 5.41) is 2.49. The Bertz CT molecular complexity index is 1200. The van der Waals surface area contributed by atoms with Crippen LogP contribution in [0.25, 0.3) is 21.5 Å². The maximum absolute atomic E-state index is 11.8. The molecule has 0 atom stereocenters. The van der Waals surface area contributed by atoms with Crippen molar-refractivity contribution in [1.82, 2.24) is 0 Å². The molecule has 0 spiro atoms. The number of hydrogen-bond donors (Lipinski definition) is 0. The number of fused-ring (bicyclic) bond motifs is 2. The van der Waals surface area contributed by atoms with Gasteiger partial charge in [0.15, 0.2) is 23.0 Å². The van der Waals surface area contributed by atoms with Gasteiger partial charge >= 0.3 is 23.9 Å². The van der Waals surface area contributed by atoms with Crippen LogP contribution in [0.5, 0.6) is 23.0 Å². The summed E-state index contributed by atoms with van der Waals surface area (Å²) in [6, 6.07) is 6.50. The predicted octanol–water partition coefficient (Wildman–Crippen LogP) is 4.31. The van der Waals surface area contributed by atoms with Crippen LogP contribution in [0.2, 0.25) is 0 Å². The van der Waals surface area contributed by atoms with Gasteiger partial charge in [0.25, 0.3) is 0 Å². The fraction of sp³-hybridized carbons (Fsp3) is 0.250. The standard InChI is InChI=1S/C24H22O8/c1-11-17-7-9-20(30-14(4)26)24(32-16(6)28)22(17)12(2)18-8-10-19(29-13(3)25)23(21(11)18)31-15(5)27/h7-10H,1-6H3. The lowest BCUT2D eigenvalue weighted by Crippen LogP contribution is -2.09. The molecule has 0 aromatic heterocycles. The molecule has 0 saturated carbocycles. The van der Waals surface area contributed by atoms with Crippen LogP contribution in [-0.4, -0.2) is 23.9 Å². The average molecular weight is 438 g/mol. The zero-order chi connectivity index (χ0) is 23.7. The Kier molecular flexibility index (Phi) is 6.16. The SMILES string of the molecule is CC(=O)Oc1ccc2c(C)c3c(OC(C)=O)c(OC(C)=O)ccc3c(C)c2c1OC(C)=O. The van der Waals surface area contributed by atoms with Crippen LogP contribution in [-0.2, 0) is 19.2 Å². The van der Waals surface area contributed by atoms with Gasteiger partial charge in [-0.2, -0.15) is 0 Å². The topological polar surface area (TPSA) is 105 Å². The molecule has 0 radical (unpaired) electrons. The van der Waals surface area contributed by atoms with Crippen molar-refractivity contribution >= 4 is 45.4 Å². The third-order valence-electron chi connectivity index (χ3n) is 4.80. The van der Waals surface area contributed by atoms with Crippen LogP contribution in [0.15, 0.2) is 24.3 Å². The van der Waals surface area contributed by atoms with Crippen LogP contribution >= 0.6 is 0 Å². The quantitative estimate of drug-likeness (QED) is 0.337. The first kappa shape index (κ1) is 22.7. The van der Waals surface area contributed by atoms with Crippen LogP contribution < -0.4 is 18.9 Å². The molecule has 3 aromatic rings. The second kappa shape index (κ2) is 8.66. The molecule has 166 valence electrons. The van der Waals surface area contributed by atoms with E-state index in [1.807, 2.05) is 0 Å². The minimum Gasteiger partial charge on any atom is -0.423 e. The van der Waals surface area contributed by atoms with E-state index in [0.717, 1.165) is 0 Å². The van der Waals surface area contributed by atoms with Crippen LogP contribution in [0.1, 0.15) is 38.8 Å². The van der Waals surface area contributed by atoms with Gasteiger partial charge in [-0.15, -0.1) is 0 Å². The maximum Gasteiger partial charge on any atom is 0.308 e. The van der Waals surface area contributed by atoms with Crippen molar-refractivity contribution in [3.05, 3.63) is 35.4 Å². The summed E-state index contributed by atoms with van der Waals surface area (Å²) in [5.74, 6) is -1.82. The molecule has 0 bridgehead atoms. The smallest absolute Gasteiger partial charge is 0.308 e. The zero-order valence-corrected chi connectivity index (χ0v) is 18.6. The Hall–Kier alpha value is -3.94. The molecule has 0 heterocycles. The van der Waals surface area contributed by atoms with Crippen molar-refractivity contribution in [2.75, 3.05) is 0 Å². The summed E-state index contributed by atoms with van der Waals surface area (Å²) >= 11 is 0. The minimum atomic E-state index is -0.575. The first-order valence-electron chi connectivity index (χ1n) is 9.77.